The Balaban J connectivity index is 2.44. The molecule has 0 amide bonds. The van der Waals surface area contributed by atoms with Crippen molar-refractivity contribution in [1.82, 2.24) is 0 Å². The number of rotatable bonds is 2. The van der Waals surface area contributed by atoms with Crippen molar-refractivity contribution < 1.29 is 9.18 Å². The lowest BCUT2D eigenvalue weighted by Gasteiger charge is -2.05. The van der Waals surface area contributed by atoms with Crippen LogP contribution < -0.4 is 5.73 Å². The highest BCUT2D eigenvalue weighted by Crippen LogP contribution is 2.21. The minimum Gasteiger partial charge on any atom is -0.398 e. The molecule has 0 atom stereocenters. The molecule has 17 heavy (non-hydrogen) atoms. The molecule has 2 nitrogen and oxygen atoms in total. The standard InChI is InChI=1S/C13H9ClFNO/c14-9-4-5-11(12(16)7-9)13(17)8-2-1-3-10(15)6-8/h1-7H,16H2. The maximum absolute atomic E-state index is 13.0. The monoisotopic (exact) mass is 249 g/mol. The smallest absolute Gasteiger partial charge is 0.195 e. The van der Waals surface area contributed by atoms with Crippen molar-refractivity contribution in [2.24, 2.45) is 0 Å². The lowest BCUT2D eigenvalue weighted by atomic mass is 10.0. The fourth-order valence-electron chi connectivity index (χ4n) is 1.53. The van der Waals surface area contributed by atoms with Gasteiger partial charge in [0.05, 0.1) is 0 Å². The molecule has 4 heteroatoms. The van der Waals surface area contributed by atoms with Crippen molar-refractivity contribution in [3.63, 3.8) is 0 Å². The summed E-state index contributed by atoms with van der Waals surface area (Å²) in [6.45, 7) is 0. The minimum absolute atomic E-state index is 0.263. The first-order chi connectivity index (χ1) is 8.08. The Morgan fingerprint density at radius 2 is 1.94 bits per heavy atom. The third kappa shape index (κ3) is 2.45. The molecule has 0 fully saturated rings. The van der Waals surface area contributed by atoms with Crippen LogP contribution in [0, 0.1) is 5.82 Å². The molecule has 0 spiro atoms. The average molecular weight is 250 g/mol. The third-order valence-corrected chi connectivity index (χ3v) is 2.58. The summed E-state index contributed by atoms with van der Waals surface area (Å²) < 4.78 is 13.0. The summed E-state index contributed by atoms with van der Waals surface area (Å²) in [5.74, 6) is -0.776. The Morgan fingerprint density at radius 3 is 2.59 bits per heavy atom. The zero-order chi connectivity index (χ0) is 12.4. The Morgan fingerprint density at radius 1 is 1.18 bits per heavy atom. The summed E-state index contributed by atoms with van der Waals surface area (Å²) in [4.78, 5) is 12.0. The van der Waals surface area contributed by atoms with Crippen LogP contribution in [0.3, 0.4) is 0 Å². The van der Waals surface area contributed by atoms with Crippen LogP contribution in [-0.4, -0.2) is 5.78 Å². The quantitative estimate of drug-likeness (QED) is 0.656. The zero-order valence-electron chi connectivity index (χ0n) is 8.78. The highest BCUT2D eigenvalue weighted by molar-refractivity contribution is 6.31. The van der Waals surface area contributed by atoms with Crippen molar-refractivity contribution >= 4 is 23.1 Å². The maximum atomic E-state index is 13.0. The molecule has 0 bridgehead atoms. The van der Waals surface area contributed by atoms with Crippen LogP contribution in [0.2, 0.25) is 5.02 Å². The second-order valence-electron chi connectivity index (χ2n) is 3.57. The third-order valence-electron chi connectivity index (χ3n) is 2.35. The van der Waals surface area contributed by atoms with Gasteiger partial charge in [0.1, 0.15) is 5.82 Å². The van der Waals surface area contributed by atoms with Crippen molar-refractivity contribution in [2.75, 3.05) is 5.73 Å². The molecule has 0 unspecified atom stereocenters. The van der Waals surface area contributed by atoms with Gasteiger partial charge in [-0.15, -0.1) is 0 Å². The summed E-state index contributed by atoms with van der Waals surface area (Å²) >= 11 is 5.74. The molecule has 2 N–H and O–H groups in total. The average Bonchev–Trinajstić information content (AvgIpc) is 2.28. The van der Waals surface area contributed by atoms with Gasteiger partial charge in [-0.3, -0.25) is 4.79 Å². The van der Waals surface area contributed by atoms with Gasteiger partial charge in [0.2, 0.25) is 0 Å². The van der Waals surface area contributed by atoms with Crippen molar-refractivity contribution in [2.45, 2.75) is 0 Å². The van der Waals surface area contributed by atoms with E-state index in [9.17, 15) is 9.18 Å². The summed E-state index contributed by atoms with van der Waals surface area (Å²) in [6.07, 6.45) is 0. The summed E-state index contributed by atoms with van der Waals surface area (Å²) in [5, 5.41) is 0.457. The molecule has 0 aromatic heterocycles. The molecule has 0 radical (unpaired) electrons. The van der Waals surface area contributed by atoms with Gasteiger partial charge in [-0.2, -0.15) is 0 Å². The molecule has 0 saturated carbocycles. The van der Waals surface area contributed by atoms with Crippen molar-refractivity contribution in [3.05, 3.63) is 64.4 Å². The molecule has 86 valence electrons. The maximum Gasteiger partial charge on any atom is 0.195 e. The van der Waals surface area contributed by atoms with E-state index >= 15 is 0 Å². The predicted octanol–water partition coefficient (Wildman–Crippen LogP) is 3.29. The van der Waals surface area contributed by atoms with Gasteiger partial charge in [0.25, 0.3) is 0 Å². The number of anilines is 1. The van der Waals surface area contributed by atoms with E-state index < -0.39 is 5.82 Å². The Labute approximate surface area is 103 Å². The zero-order valence-corrected chi connectivity index (χ0v) is 9.54. The van der Waals surface area contributed by atoms with E-state index in [2.05, 4.69) is 0 Å². The van der Waals surface area contributed by atoms with Crippen LogP contribution in [0.5, 0.6) is 0 Å². The first-order valence-electron chi connectivity index (χ1n) is 4.93. The molecule has 0 saturated heterocycles. The molecular formula is C13H9ClFNO. The van der Waals surface area contributed by atoms with E-state index in [1.54, 1.807) is 12.1 Å². The van der Waals surface area contributed by atoms with E-state index in [1.165, 1.54) is 30.3 Å². The van der Waals surface area contributed by atoms with Gasteiger partial charge in [-0.25, -0.2) is 4.39 Å². The van der Waals surface area contributed by atoms with Crippen LogP contribution in [0.25, 0.3) is 0 Å². The van der Waals surface area contributed by atoms with Gasteiger partial charge in [-0.05, 0) is 30.3 Å². The number of hydrogen-bond donors (Lipinski definition) is 1. The Kier molecular flexibility index (Phi) is 3.11. The lowest BCUT2D eigenvalue weighted by Crippen LogP contribution is -2.05. The van der Waals surface area contributed by atoms with Crippen LogP contribution in [0.4, 0.5) is 10.1 Å². The van der Waals surface area contributed by atoms with Crippen molar-refractivity contribution in [1.29, 1.82) is 0 Å². The number of carbonyl (C=O) groups excluding carboxylic acids is 1. The van der Waals surface area contributed by atoms with Gasteiger partial charge in [-0.1, -0.05) is 23.7 Å². The molecule has 0 aliphatic heterocycles. The highest BCUT2D eigenvalue weighted by Gasteiger charge is 2.12. The molecular weight excluding hydrogens is 241 g/mol. The molecule has 0 aliphatic rings. The Bertz CT molecular complexity index is 583. The van der Waals surface area contributed by atoms with Crippen molar-refractivity contribution in [3.8, 4) is 0 Å². The molecule has 2 aromatic carbocycles. The van der Waals surface area contributed by atoms with Crippen LogP contribution >= 0.6 is 11.6 Å². The van der Waals surface area contributed by atoms with E-state index in [4.69, 9.17) is 17.3 Å². The van der Waals surface area contributed by atoms with Gasteiger partial charge < -0.3 is 5.73 Å². The number of benzene rings is 2. The molecule has 0 heterocycles. The van der Waals surface area contributed by atoms with E-state index in [1.807, 2.05) is 0 Å². The van der Waals surface area contributed by atoms with Crippen LogP contribution in [-0.2, 0) is 0 Å². The minimum atomic E-state index is -0.455. The lowest BCUT2D eigenvalue weighted by molar-refractivity contribution is 0.103. The molecule has 0 aliphatic carbocycles. The fourth-order valence-corrected chi connectivity index (χ4v) is 1.71. The Hall–Kier alpha value is -1.87. The number of halogens is 2. The molecule has 2 rings (SSSR count). The predicted molar refractivity (Wildman–Crippen MR) is 65.7 cm³/mol. The fraction of sp³-hybridized carbons (Fsp3) is 0. The second-order valence-corrected chi connectivity index (χ2v) is 4.01. The topological polar surface area (TPSA) is 43.1 Å². The highest BCUT2D eigenvalue weighted by atomic mass is 35.5. The first kappa shape index (κ1) is 11.6. The van der Waals surface area contributed by atoms with Crippen LogP contribution in [0.15, 0.2) is 42.5 Å². The SMILES string of the molecule is Nc1cc(Cl)ccc1C(=O)c1cccc(F)c1. The number of nitrogen functional groups attached to an aromatic ring is 1. The number of nitrogens with two attached hydrogens (primary N) is 1. The number of hydrogen-bond acceptors (Lipinski definition) is 2. The largest absolute Gasteiger partial charge is 0.398 e. The van der Waals surface area contributed by atoms with E-state index in [0.29, 0.717) is 10.6 Å². The molecule has 2 aromatic rings. The van der Waals surface area contributed by atoms with Gasteiger partial charge in [0.15, 0.2) is 5.78 Å². The van der Waals surface area contributed by atoms with Crippen LogP contribution in [0.1, 0.15) is 15.9 Å². The van der Waals surface area contributed by atoms with Gasteiger partial charge >= 0.3 is 0 Å². The van der Waals surface area contributed by atoms with E-state index in [-0.39, 0.29) is 17.0 Å². The van der Waals surface area contributed by atoms with E-state index in [0.717, 1.165) is 0 Å². The summed E-state index contributed by atoms with van der Waals surface area (Å²) in [5.41, 5.74) is 6.57. The normalized spacial score (nSPS) is 10.2. The second kappa shape index (κ2) is 4.55. The summed E-state index contributed by atoms with van der Waals surface area (Å²) in [7, 11) is 0. The first-order valence-corrected chi connectivity index (χ1v) is 5.31. The van der Waals surface area contributed by atoms with Gasteiger partial charge in [0, 0.05) is 21.8 Å². The number of carbonyl (C=O) groups is 1. The number of ketones is 1. The summed E-state index contributed by atoms with van der Waals surface area (Å²) in [6, 6.07) is 10.1.